The van der Waals surface area contributed by atoms with Gasteiger partial charge in [-0.3, -0.25) is 20.0 Å². The molecule has 2 N–H and O–H groups in total. The van der Waals surface area contributed by atoms with Crippen molar-refractivity contribution in [1.82, 2.24) is 5.43 Å². The highest BCUT2D eigenvalue weighted by molar-refractivity contribution is 6.32. The molecule has 1 fully saturated rings. The van der Waals surface area contributed by atoms with Crippen molar-refractivity contribution < 1.29 is 24.2 Å². The van der Waals surface area contributed by atoms with Gasteiger partial charge in [0.15, 0.2) is 5.78 Å². The Morgan fingerprint density at radius 1 is 0.909 bits per heavy atom. The molecule has 0 radical (unpaired) electrons. The van der Waals surface area contributed by atoms with Gasteiger partial charge in [0, 0.05) is 29.2 Å². The molecule has 226 valence electrons. The minimum absolute atomic E-state index is 0.0360. The highest BCUT2D eigenvalue weighted by Gasteiger charge is 2.24. The summed E-state index contributed by atoms with van der Waals surface area (Å²) >= 11 is 6.44. The number of piperidine rings is 1. The maximum atomic E-state index is 13.8. The van der Waals surface area contributed by atoms with Gasteiger partial charge in [-0.1, -0.05) is 60.1 Å². The van der Waals surface area contributed by atoms with Gasteiger partial charge in [-0.25, -0.2) is 4.79 Å². The number of carboxylic acid groups (broad SMARTS) is 1. The molecule has 0 atom stereocenters. The zero-order chi connectivity index (χ0) is 31.2. The second-order valence-corrected chi connectivity index (χ2v) is 11.1. The Kier molecular flexibility index (Phi) is 9.50. The molecule has 4 aromatic carbocycles. The summed E-state index contributed by atoms with van der Waals surface area (Å²) in [5.41, 5.74) is 8.22. The molecule has 0 aliphatic carbocycles. The number of hydrazine groups is 1. The number of amides is 1. The lowest BCUT2D eigenvalue weighted by Crippen LogP contribution is -2.41. The first kappa shape index (κ1) is 30.6. The van der Waals surface area contributed by atoms with Gasteiger partial charge >= 0.3 is 5.97 Å². The lowest BCUT2D eigenvalue weighted by Gasteiger charge is -2.35. The van der Waals surface area contributed by atoms with Gasteiger partial charge in [0.25, 0.3) is 0 Å². The van der Waals surface area contributed by atoms with Gasteiger partial charge < -0.3 is 14.7 Å². The second kappa shape index (κ2) is 13.7. The van der Waals surface area contributed by atoms with Crippen LogP contribution in [0.15, 0.2) is 84.9 Å². The van der Waals surface area contributed by atoms with E-state index in [1.54, 1.807) is 11.1 Å². The number of carboxylic acids is 1. The summed E-state index contributed by atoms with van der Waals surface area (Å²) in [6, 6.07) is 25.9. The molecule has 4 aromatic rings. The predicted molar refractivity (Wildman–Crippen MR) is 173 cm³/mol. The lowest BCUT2D eigenvalue weighted by molar-refractivity contribution is -0.120. The number of aromatic carboxylic acids is 1. The van der Waals surface area contributed by atoms with Crippen molar-refractivity contribution in [2.45, 2.75) is 32.6 Å². The molecule has 0 spiro atoms. The van der Waals surface area contributed by atoms with E-state index in [2.05, 4.69) is 16.4 Å². The fourth-order valence-corrected chi connectivity index (χ4v) is 5.76. The monoisotopic (exact) mass is 611 g/mol. The quantitative estimate of drug-likeness (QED) is 0.143. The van der Waals surface area contributed by atoms with Crippen LogP contribution in [0.3, 0.4) is 0 Å². The minimum Gasteiger partial charge on any atom is -0.496 e. The first-order chi connectivity index (χ1) is 21.3. The Bertz CT molecular complexity index is 1700. The van der Waals surface area contributed by atoms with Crippen molar-refractivity contribution >= 4 is 46.3 Å². The Balaban J connectivity index is 1.59. The van der Waals surface area contributed by atoms with Crippen molar-refractivity contribution in [1.29, 1.82) is 0 Å². The summed E-state index contributed by atoms with van der Waals surface area (Å²) in [5.74, 6) is -1.46. The van der Waals surface area contributed by atoms with Gasteiger partial charge in [-0.15, -0.1) is 0 Å². The molecular weight excluding hydrogens is 578 g/mol. The van der Waals surface area contributed by atoms with Crippen molar-refractivity contribution in [3.8, 4) is 16.9 Å². The zero-order valence-corrected chi connectivity index (χ0v) is 25.4. The minimum atomic E-state index is -1.18. The first-order valence-corrected chi connectivity index (χ1v) is 14.9. The number of nitrogens with one attached hydrogen (secondary N) is 1. The molecule has 1 saturated heterocycles. The summed E-state index contributed by atoms with van der Waals surface area (Å²) < 4.78 is 5.27. The van der Waals surface area contributed by atoms with Crippen LogP contribution in [0.2, 0.25) is 5.02 Å². The SMILES string of the molecule is COc1cc(CC(=O)NN(c2ccccc2-c2cccc(C(C)=O)c2)c2ccccc2N2CCCCC2)c(Cl)cc1C(=O)O. The number of carbonyl (C=O) groups excluding carboxylic acids is 2. The van der Waals surface area contributed by atoms with Gasteiger partial charge in [0.1, 0.15) is 11.3 Å². The standard InChI is InChI=1S/C35H34ClN3O5/c1-23(40)24-11-10-12-25(19-24)27-13-4-5-14-30(27)39(32-16-7-6-15-31(32)38-17-8-3-9-18-38)37-34(41)21-26-20-33(44-2)28(35(42)43)22-29(26)36/h4-7,10-16,19-20,22H,3,8-9,17-18,21H2,1-2H3,(H,37,41)(H,42,43). The van der Waals surface area contributed by atoms with Crippen molar-refractivity contribution in [2.24, 2.45) is 0 Å². The van der Waals surface area contributed by atoms with E-state index in [0.29, 0.717) is 11.1 Å². The van der Waals surface area contributed by atoms with Gasteiger partial charge in [0.2, 0.25) is 5.91 Å². The normalized spacial score (nSPS) is 12.8. The average Bonchev–Trinajstić information content (AvgIpc) is 3.05. The number of hydrogen-bond donors (Lipinski definition) is 2. The second-order valence-electron chi connectivity index (χ2n) is 10.7. The van der Waals surface area contributed by atoms with E-state index in [9.17, 15) is 19.5 Å². The third kappa shape index (κ3) is 6.71. The maximum absolute atomic E-state index is 13.8. The molecule has 0 unspecified atom stereocenters. The molecule has 9 heteroatoms. The summed E-state index contributed by atoms with van der Waals surface area (Å²) in [6.45, 7) is 3.36. The maximum Gasteiger partial charge on any atom is 0.339 e. The molecule has 1 amide bonds. The topological polar surface area (TPSA) is 99.2 Å². The number of halogens is 1. The number of ether oxygens (including phenoxy) is 1. The first-order valence-electron chi connectivity index (χ1n) is 14.5. The van der Waals surface area contributed by atoms with Crippen LogP contribution in [-0.4, -0.2) is 43.0 Å². The number of carbonyl (C=O) groups is 3. The van der Waals surface area contributed by atoms with E-state index in [1.165, 1.54) is 32.6 Å². The molecule has 0 aromatic heterocycles. The predicted octanol–water partition coefficient (Wildman–Crippen LogP) is 7.32. The van der Waals surface area contributed by atoms with Gasteiger partial charge in [-0.05, 0) is 73.7 Å². The van der Waals surface area contributed by atoms with Crippen LogP contribution in [0.4, 0.5) is 17.1 Å². The van der Waals surface area contributed by atoms with E-state index in [4.69, 9.17) is 16.3 Å². The molecule has 5 rings (SSSR count). The summed E-state index contributed by atoms with van der Waals surface area (Å²) in [5, 5.41) is 11.5. The highest BCUT2D eigenvalue weighted by atomic mass is 35.5. The third-order valence-electron chi connectivity index (χ3n) is 7.73. The number of hydrogen-bond acceptors (Lipinski definition) is 6. The van der Waals surface area contributed by atoms with E-state index < -0.39 is 5.97 Å². The van der Waals surface area contributed by atoms with Crippen LogP contribution in [0, 0.1) is 0 Å². The molecule has 44 heavy (non-hydrogen) atoms. The van der Waals surface area contributed by atoms with E-state index >= 15 is 0 Å². The van der Waals surface area contributed by atoms with Crippen molar-refractivity contribution in [3.05, 3.63) is 107 Å². The molecule has 0 bridgehead atoms. The lowest BCUT2D eigenvalue weighted by atomic mass is 9.99. The largest absolute Gasteiger partial charge is 0.496 e. The molecule has 0 saturated carbocycles. The molecule has 1 aliphatic rings. The van der Waals surface area contributed by atoms with Crippen LogP contribution in [0.5, 0.6) is 5.75 Å². The van der Waals surface area contributed by atoms with Crippen LogP contribution in [0.1, 0.15) is 52.5 Å². The van der Waals surface area contributed by atoms with Crippen molar-refractivity contribution in [2.75, 3.05) is 30.1 Å². The number of methoxy groups -OCH3 is 1. The van der Waals surface area contributed by atoms with Gasteiger partial charge in [-0.2, -0.15) is 0 Å². The Morgan fingerprint density at radius 2 is 1.61 bits per heavy atom. The Labute approximate surface area is 261 Å². The van der Waals surface area contributed by atoms with Crippen molar-refractivity contribution in [3.63, 3.8) is 0 Å². The number of anilines is 3. The molecule has 8 nitrogen and oxygen atoms in total. The zero-order valence-electron chi connectivity index (χ0n) is 24.7. The number of rotatable bonds is 10. The van der Waals surface area contributed by atoms with E-state index in [0.717, 1.165) is 54.1 Å². The molecule has 1 heterocycles. The Morgan fingerprint density at radius 3 is 2.32 bits per heavy atom. The molecular formula is C35H34ClN3O5. The van der Waals surface area contributed by atoms with E-state index in [-0.39, 0.29) is 34.4 Å². The van der Waals surface area contributed by atoms with Crippen LogP contribution in [0.25, 0.3) is 11.1 Å². The Hall–Kier alpha value is -4.82. The van der Waals surface area contributed by atoms with Crippen LogP contribution < -0.4 is 20.1 Å². The summed E-state index contributed by atoms with van der Waals surface area (Å²) in [7, 11) is 1.37. The third-order valence-corrected chi connectivity index (χ3v) is 8.08. The molecule has 1 aliphatic heterocycles. The number of nitrogens with zero attached hydrogens (tertiary/aromatic N) is 2. The smallest absolute Gasteiger partial charge is 0.339 e. The summed E-state index contributed by atoms with van der Waals surface area (Å²) in [4.78, 5) is 40.0. The number of ketones is 1. The van der Waals surface area contributed by atoms with E-state index in [1.807, 2.05) is 60.7 Å². The number of benzene rings is 4. The summed E-state index contributed by atoms with van der Waals surface area (Å²) in [6.07, 6.45) is 3.22. The average molecular weight is 612 g/mol. The van der Waals surface area contributed by atoms with Gasteiger partial charge in [0.05, 0.1) is 30.6 Å². The van der Waals surface area contributed by atoms with Crippen LogP contribution in [-0.2, 0) is 11.2 Å². The number of Topliss-reactive ketones (excluding diaryl/α,β-unsaturated/α-hetero) is 1. The highest BCUT2D eigenvalue weighted by Crippen LogP contribution is 2.39. The fraction of sp³-hybridized carbons (Fsp3) is 0.229. The number of para-hydroxylation sites is 3. The fourth-order valence-electron chi connectivity index (χ4n) is 5.53. The van der Waals surface area contributed by atoms with Crippen LogP contribution >= 0.6 is 11.6 Å².